The summed E-state index contributed by atoms with van der Waals surface area (Å²) >= 11 is 0. The van der Waals surface area contributed by atoms with Crippen LogP contribution in [0.15, 0.2) is 66.0 Å². The molecular weight excluding hydrogens is 450 g/mol. The van der Waals surface area contributed by atoms with E-state index in [-0.39, 0.29) is 22.7 Å². The Morgan fingerprint density at radius 3 is 2.44 bits per heavy atom. The van der Waals surface area contributed by atoms with Gasteiger partial charge in [-0.15, -0.1) is 0 Å². The molecule has 1 saturated carbocycles. The maximum absolute atomic E-state index is 13.4. The van der Waals surface area contributed by atoms with Crippen LogP contribution in [-0.4, -0.2) is 49.0 Å². The molecule has 8 heteroatoms. The second-order valence-corrected chi connectivity index (χ2v) is 10.8. The Hall–Kier alpha value is -2.97. The van der Waals surface area contributed by atoms with Crippen LogP contribution in [0.3, 0.4) is 0 Å². The third kappa shape index (κ3) is 5.93. The average Bonchev–Trinajstić information content (AvgIpc) is 3.60. The van der Waals surface area contributed by atoms with Crippen molar-refractivity contribution in [3.63, 3.8) is 0 Å². The first kappa shape index (κ1) is 24.2. The molecule has 34 heavy (non-hydrogen) atoms. The Bertz CT molecular complexity index is 1220. The topological polar surface area (TPSA) is 81.5 Å². The predicted molar refractivity (Wildman–Crippen MR) is 130 cm³/mol. The van der Waals surface area contributed by atoms with Gasteiger partial charge in [0.15, 0.2) is 0 Å². The molecule has 0 bridgehead atoms. The summed E-state index contributed by atoms with van der Waals surface area (Å²) in [6, 6.07) is 17.2. The number of benzene rings is 2. The molecule has 0 N–H and O–H groups in total. The Labute approximate surface area is 201 Å². The van der Waals surface area contributed by atoms with Crippen LogP contribution in [0.1, 0.15) is 35.2 Å². The van der Waals surface area contributed by atoms with Crippen LogP contribution in [0, 0.1) is 12.8 Å². The summed E-state index contributed by atoms with van der Waals surface area (Å²) in [4.78, 5) is 19.0. The molecule has 0 aliphatic heterocycles. The van der Waals surface area contributed by atoms with E-state index in [2.05, 4.69) is 4.98 Å². The Kier molecular flexibility index (Phi) is 7.48. The van der Waals surface area contributed by atoms with Crippen LogP contribution >= 0.6 is 0 Å². The van der Waals surface area contributed by atoms with Crippen LogP contribution in [0.4, 0.5) is 0 Å². The van der Waals surface area contributed by atoms with E-state index in [1.54, 1.807) is 22.8 Å². The highest BCUT2D eigenvalue weighted by molar-refractivity contribution is 7.90. The molecule has 3 aromatic rings. The molecule has 0 unspecified atom stereocenters. The van der Waals surface area contributed by atoms with Crippen LogP contribution in [-0.2, 0) is 38.2 Å². The highest BCUT2D eigenvalue weighted by Crippen LogP contribution is 2.31. The summed E-state index contributed by atoms with van der Waals surface area (Å²) in [5.41, 5.74) is 3.44. The number of carbonyl (C=O) groups is 1. The van der Waals surface area contributed by atoms with Crippen molar-refractivity contribution in [2.45, 2.75) is 43.8 Å². The van der Waals surface area contributed by atoms with E-state index >= 15 is 0 Å². The predicted octanol–water partition coefficient (Wildman–Crippen LogP) is 3.60. The van der Waals surface area contributed by atoms with Gasteiger partial charge < -0.3 is 14.2 Å². The summed E-state index contributed by atoms with van der Waals surface area (Å²) in [6.07, 6.45) is 3.40. The fraction of sp³-hybridized carbons (Fsp3) is 0.385. The van der Waals surface area contributed by atoms with Crippen molar-refractivity contribution in [3.8, 4) is 0 Å². The quantitative estimate of drug-likeness (QED) is 0.418. The largest absolute Gasteiger partial charge is 0.383 e. The van der Waals surface area contributed by atoms with Crippen molar-refractivity contribution < 1.29 is 17.9 Å². The first-order valence-electron chi connectivity index (χ1n) is 11.5. The Morgan fingerprint density at radius 1 is 1.09 bits per heavy atom. The van der Waals surface area contributed by atoms with Crippen LogP contribution in [0.2, 0.25) is 0 Å². The number of hydrogen-bond donors (Lipinski definition) is 0. The van der Waals surface area contributed by atoms with Gasteiger partial charge in [0, 0.05) is 19.6 Å². The number of aryl methyl sites for hydroxylation is 1. The highest BCUT2D eigenvalue weighted by atomic mass is 32.2. The molecule has 1 heterocycles. The number of hydrogen-bond acceptors (Lipinski definition) is 5. The van der Waals surface area contributed by atoms with E-state index in [0.29, 0.717) is 37.5 Å². The molecule has 0 saturated heterocycles. The number of imidazole rings is 1. The minimum atomic E-state index is -3.71. The fourth-order valence-electron chi connectivity index (χ4n) is 3.92. The summed E-state index contributed by atoms with van der Waals surface area (Å²) in [6.45, 7) is 3.49. The van der Waals surface area contributed by atoms with Gasteiger partial charge in [-0.1, -0.05) is 60.2 Å². The molecule has 1 aromatic heterocycles. The third-order valence-corrected chi connectivity index (χ3v) is 7.59. The van der Waals surface area contributed by atoms with Gasteiger partial charge in [-0.25, -0.2) is 13.4 Å². The van der Waals surface area contributed by atoms with E-state index in [1.165, 1.54) is 0 Å². The zero-order valence-corrected chi connectivity index (χ0v) is 20.5. The van der Waals surface area contributed by atoms with Crippen molar-refractivity contribution in [2.75, 3.05) is 20.3 Å². The SMILES string of the molecule is COCCN(Cc1cnc(S(=O)(=O)Cc2ccc(C)cc2)n1Cc1ccccc1)C(=O)C1CC1. The smallest absolute Gasteiger partial charge is 0.228 e. The molecule has 180 valence electrons. The maximum atomic E-state index is 13.4. The molecule has 1 fully saturated rings. The van der Waals surface area contributed by atoms with Crippen molar-refractivity contribution in [1.82, 2.24) is 14.5 Å². The second-order valence-electron chi connectivity index (χ2n) is 8.88. The number of amides is 1. The minimum absolute atomic E-state index is 0.0255. The van der Waals surface area contributed by atoms with Gasteiger partial charge in [-0.05, 0) is 30.9 Å². The molecule has 1 aliphatic carbocycles. The van der Waals surface area contributed by atoms with E-state index in [0.717, 1.165) is 24.0 Å². The zero-order chi connectivity index (χ0) is 24.1. The van der Waals surface area contributed by atoms with Crippen LogP contribution in [0.5, 0.6) is 0 Å². The van der Waals surface area contributed by atoms with E-state index in [1.807, 2.05) is 61.5 Å². The number of rotatable bonds is 11. The summed E-state index contributed by atoms with van der Waals surface area (Å²) in [7, 11) is -2.10. The van der Waals surface area contributed by atoms with Crippen molar-refractivity contribution in [1.29, 1.82) is 0 Å². The van der Waals surface area contributed by atoms with Gasteiger partial charge in [-0.3, -0.25) is 4.79 Å². The maximum Gasteiger partial charge on any atom is 0.228 e. The van der Waals surface area contributed by atoms with Crippen molar-refractivity contribution in [2.24, 2.45) is 5.92 Å². The number of methoxy groups -OCH3 is 1. The summed E-state index contributed by atoms with van der Waals surface area (Å²) in [5.74, 6) is 0.0214. The number of nitrogens with zero attached hydrogens (tertiary/aromatic N) is 3. The molecular formula is C26H31N3O4S. The van der Waals surface area contributed by atoms with Gasteiger partial charge in [0.2, 0.25) is 20.9 Å². The Morgan fingerprint density at radius 2 is 1.79 bits per heavy atom. The molecule has 0 atom stereocenters. The monoisotopic (exact) mass is 481 g/mol. The van der Waals surface area contributed by atoms with Crippen molar-refractivity contribution in [3.05, 3.63) is 83.2 Å². The number of ether oxygens (including phenoxy) is 1. The van der Waals surface area contributed by atoms with E-state index < -0.39 is 9.84 Å². The standard InChI is InChI=1S/C26H31N3O4S/c1-20-8-10-22(11-9-20)19-34(31,32)26-27-16-24(29(26)17-21-6-4-3-5-7-21)18-28(14-15-33-2)25(30)23-12-13-23/h3-11,16,23H,12-15,17-19H2,1-2H3. The fourth-order valence-corrected chi connectivity index (χ4v) is 5.41. The number of aromatic nitrogens is 2. The molecule has 1 amide bonds. The van der Waals surface area contributed by atoms with Gasteiger partial charge in [0.25, 0.3) is 0 Å². The molecule has 0 radical (unpaired) electrons. The van der Waals surface area contributed by atoms with Crippen molar-refractivity contribution >= 4 is 15.7 Å². The minimum Gasteiger partial charge on any atom is -0.383 e. The third-order valence-electron chi connectivity index (χ3n) is 6.00. The van der Waals surface area contributed by atoms with Gasteiger partial charge in [0.1, 0.15) is 0 Å². The van der Waals surface area contributed by atoms with E-state index in [9.17, 15) is 13.2 Å². The van der Waals surface area contributed by atoms with Gasteiger partial charge >= 0.3 is 0 Å². The van der Waals surface area contributed by atoms with Crippen LogP contribution in [0.25, 0.3) is 0 Å². The number of carbonyl (C=O) groups excluding carboxylic acids is 1. The van der Waals surface area contributed by atoms with E-state index in [4.69, 9.17) is 4.74 Å². The first-order chi connectivity index (χ1) is 16.4. The second kappa shape index (κ2) is 10.5. The average molecular weight is 482 g/mol. The molecule has 4 rings (SSSR count). The lowest BCUT2D eigenvalue weighted by Crippen LogP contribution is -2.35. The highest BCUT2D eigenvalue weighted by Gasteiger charge is 2.34. The first-order valence-corrected chi connectivity index (χ1v) is 13.2. The lowest BCUT2D eigenvalue weighted by atomic mass is 10.2. The molecule has 7 nitrogen and oxygen atoms in total. The number of sulfone groups is 1. The normalized spacial score (nSPS) is 13.7. The lowest BCUT2D eigenvalue weighted by molar-refractivity contribution is -0.133. The molecule has 0 spiro atoms. The van der Waals surface area contributed by atoms with Crippen LogP contribution < -0.4 is 0 Å². The molecule has 1 aliphatic rings. The van der Waals surface area contributed by atoms with Gasteiger partial charge in [0.05, 0.1) is 37.3 Å². The van der Waals surface area contributed by atoms with Gasteiger partial charge in [-0.2, -0.15) is 0 Å². The molecule has 2 aromatic carbocycles. The summed E-state index contributed by atoms with van der Waals surface area (Å²) < 4.78 is 33.8. The lowest BCUT2D eigenvalue weighted by Gasteiger charge is -2.23. The Balaban J connectivity index is 1.67. The summed E-state index contributed by atoms with van der Waals surface area (Å²) in [5, 5.41) is 0.0255. The zero-order valence-electron chi connectivity index (χ0n) is 19.7.